The summed E-state index contributed by atoms with van der Waals surface area (Å²) in [4.78, 5) is 61.5. The highest BCUT2D eigenvalue weighted by atomic mass is 16.5. The predicted molar refractivity (Wildman–Crippen MR) is 196 cm³/mol. The van der Waals surface area contributed by atoms with Gasteiger partial charge in [0.05, 0.1) is 24.0 Å². The maximum absolute atomic E-state index is 14.8. The highest BCUT2D eigenvalue weighted by Crippen LogP contribution is 2.58. The minimum Gasteiger partial charge on any atom is -0.463 e. The minimum atomic E-state index is -1.19. The van der Waals surface area contributed by atoms with Crippen LogP contribution in [0.25, 0.3) is 0 Å². The summed E-state index contributed by atoms with van der Waals surface area (Å²) in [6.07, 6.45) is 5.34. The molecule has 0 aliphatic carbocycles. The second-order valence-corrected chi connectivity index (χ2v) is 13.4. The van der Waals surface area contributed by atoms with E-state index in [0.717, 1.165) is 24.3 Å². The van der Waals surface area contributed by atoms with E-state index >= 15 is 0 Å². The fraction of sp³-hybridized carbons (Fsp3) is 0.500. The van der Waals surface area contributed by atoms with Crippen molar-refractivity contribution in [2.75, 3.05) is 49.2 Å². The zero-order valence-electron chi connectivity index (χ0n) is 29.9. The van der Waals surface area contributed by atoms with Crippen LogP contribution >= 0.6 is 0 Å². The molecule has 2 bridgehead atoms. The van der Waals surface area contributed by atoms with Crippen LogP contribution in [-0.2, 0) is 28.7 Å². The molecular formula is C40H52N4O7. The molecule has 3 aliphatic rings. The summed E-state index contributed by atoms with van der Waals surface area (Å²) in [5, 5.41) is 12.6. The van der Waals surface area contributed by atoms with Crippen molar-refractivity contribution in [2.45, 2.75) is 76.2 Å². The van der Waals surface area contributed by atoms with Crippen LogP contribution in [0.1, 0.15) is 64.0 Å². The number of unbranched alkanes of at least 4 members (excludes halogenated alkanes) is 1. The summed E-state index contributed by atoms with van der Waals surface area (Å²) in [7, 11) is 0. The van der Waals surface area contributed by atoms with Gasteiger partial charge in [0.2, 0.25) is 11.8 Å². The molecule has 274 valence electrons. The van der Waals surface area contributed by atoms with Gasteiger partial charge in [0.15, 0.2) is 0 Å². The normalized spacial score (nSPS) is 23.7. The van der Waals surface area contributed by atoms with Crippen molar-refractivity contribution >= 4 is 35.1 Å². The molecule has 5 rings (SSSR count). The summed E-state index contributed by atoms with van der Waals surface area (Å²) in [5.41, 5.74) is 1.28. The highest BCUT2D eigenvalue weighted by molar-refractivity contribution is 6.05. The number of rotatable bonds is 19. The fourth-order valence-electron chi connectivity index (χ4n) is 8.04. The molecule has 11 nitrogen and oxygen atoms in total. The molecule has 2 N–H and O–H groups in total. The van der Waals surface area contributed by atoms with Gasteiger partial charge in [-0.1, -0.05) is 42.5 Å². The van der Waals surface area contributed by atoms with Crippen molar-refractivity contribution in [1.82, 2.24) is 10.2 Å². The van der Waals surface area contributed by atoms with E-state index in [0.29, 0.717) is 37.8 Å². The number of carbonyl (C=O) groups excluding carboxylic acids is 4. The Morgan fingerprint density at radius 1 is 1.06 bits per heavy atom. The lowest BCUT2D eigenvalue weighted by Gasteiger charge is -2.37. The number of fused-ring (bicyclic) bond motifs is 1. The van der Waals surface area contributed by atoms with Crippen molar-refractivity contribution < 1.29 is 33.8 Å². The average molecular weight is 701 g/mol. The lowest BCUT2D eigenvalue weighted by Crippen LogP contribution is -2.56. The summed E-state index contributed by atoms with van der Waals surface area (Å²) < 4.78 is 12.2. The number of benzene rings is 2. The zero-order chi connectivity index (χ0) is 36.5. The quantitative estimate of drug-likeness (QED) is 0.124. The molecule has 0 aromatic heterocycles. The van der Waals surface area contributed by atoms with Crippen LogP contribution in [0, 0.1) is 11.8 Å². The maximum Gasteiger partial charge on any atom is 0.306 e. The number of hydrogen-bond donors (Lipinski definition) is 2. The van der Waals surface area contributed by atoms with Crippen LogP contribution in [0.3, 0.4) is 0 Å². The summed E-state index contributed by atoms with van der Waals surface area (Å²) >= 11 is 0. The van der Waals surface area contributed by atoms with E-state index in [1.807, 2.05) is 54.6 Å². The van der Waals surface area contributed by atoms with Gasteiger partial charge in [-0.15, -0.1) is 13.2 Å². The van der Waals surface area contributed by atoms with Crippen LogP contribution in [0.5, 0.6) is 0 Å². The van der Waals surface area contributed by atoms with E-state index in [1.165, 1.54) is 0 Å². The second kappa shape index (κ2) is 17.2. The number of ether oxygens (including phenoxy) is 2. The Hall–Kier alpha value is -4.48. The first kappa shape index (κ1) is 37.8. The Balaban J connectivity index is 1.44. The highest BCUT2D eigenvalue weighted by Gasteiger charge is 2.74. The van der Waals surface area contributed by atoms with E-state index in [4.69, 9.17) is 9.47 Å². The van der Waals surface area contributed by atoms with Gasteiger partial charge in [-0.25, -0.2) is 0 Å². The fourth-order valence-corrected chi connectivity index (χ4v) is 8.04. The van der Waals surface area contributed by atoms with E-state index < -0.39 is 41.6 Å². The number of aliphatic hydroxyl groups excluding tert-OH is 1. The first-order chi connectivity index (χ1) is 24.7. The van der Waals surface area contributed by atoms with Crippen LogP contribution in [0.15, 0.2) is 79.9 Å². The topological polar surface area (TPSA) is 129 Å². The molecule has 0 unspecified atom stereocenters. The van der Waals surface area contributed by atoms with Crippen molar-refractivity contribution in [1.29, 1.82) is 0 Å². The minimum absolute atomic E-state index is 0.0423. The molecular weight excluding hydrogens is 648 g/mol. The maximum atomic E-state index is 14.8. The largest absolute Gasteiger partial charge is 0.463 e. The van der Waals surface area contributed by atoms with Gasteiger partial charge < -0.3 is 34.6 Å². The monoisotopic (exact) mass is 700 g/mol. The number of nitrogens with zero attached hydrogens (tertiary/aromatic N) is 3. The Morgan fingerprint density at radius 2 is 1.76 bits per heavy atom. The molecule has 1 spiro atoms. The van der Waals surface area contributed by atoms with Gasteiger partial charge in [-0.2, -0.15) is 0 Å². The number of likely N-dealkylation sites (tertiary alicyclic amines) is 1. The standard InChI is InChI=1S/C40H52N4O7/c1-5-9-17-33(46)50-27-31(28-15-11-10-12-16-28)41-37(47)34-32-22-23-40(51-32)35(34)38(48)44(25-13-14-26-45)36(40)39(49)43(24-6-2)30-20-18-29(19-21-30)42(7-3)8-4/h5-6,10-12,15-16,18-21,31-32,34-36,45H,1-2,7-9,13-14,17,22-27H2,3-4H3,(H,41,47)/t31-,32+,34-,35-,36+,40-/m0/s1. The smallest absolute Gasteiger partial charge is 0.306 e. The Kier molecular flexibility index (Phi) is 12.7. The number of carbonyl (C=O) groups is 4. The Labute approximate surface area is 301 Å². The van der Waals surface area contributed by atoms with Gasteiger partial charge in [0.1, 0.15) is 18.2 Å². The zero-order valence-corrected chi connectivity index (χ0v) is 29.9. The Bertz CT molecular complexity index is 1550. The summed E-state index contributed by atoms with van der Waals surface area (Å²) in [6, 6.07) is 15.4. The van der Waals surface area contributed by atoms with E-state index in [-0.39, 0.29) is 50.4 Å². The number of aliphatic hydroxyl groups is 1. The van der Waals surface area contributed by atoms with Crippen LogP contribution in [0.4, 0.5) is 11.4 Å². The molecule has 2 aromatic carbocycles. The first-order valence-electron chi connectivity index (χ1n) is 18.2. The molecule has 3 heterocycles. The van der Waals surface area contributed by atoms with Crippen LogP contribution in [-0.4, -0.2) is 90.8 Å². The van der Waals surface area contributed by atoms with E-state index in [2.05, 4.69) is 37.2 Å². The first-order valence-corrected chi connectivity index (χ1v) is 18.2. The molecule has 6 atom stereocenters. The molecule has 3 amide bonds. The lowest BCUT2D eigenvalue weighted by atomic mass is 9.70. The molecule has 2 aromatic rings. The number of esters is 1. The third kappa shape index (κ3) is 7.74. The van der Waals surface area contributed by atoms with Gasteiger partial charge in [0, 0.05) is 50.6 Å². The van der Waals surface area contributed by atoms with E-state index in [9.17, 15) is 24.3 Å². The molecule has 0 saturated carbocycles. The summed E-state index contributed by atoms with van der Waals surface area (Å²) in [6.45, 7) is 13.8. The molecule has 3 fully saturated rings. The van der Waals surface area contributed by atoms with Gasteiger partial charge in [-0.3, -0.25) is 19.2 Å². The number of nitrogens with one attached hydrogen (secondary N) is 1. The number of amides is 3. The van der Waals surface area contributed by atoms with Crippen LogP contribution < -0.4 is 15.1 Å². The molecule has 0 radical (unpaired) electrons. The molecule has 3 aliphatic heterocycles. The number of hydrogen-bond acceptors (Lipinski definition) is 8. The van der Waals surface area contributed by atoms with E-state index in [1.54, 1.807) is 22.0 Å². The second-order valence-electron chi connectivity index (χ2n) is 13.4. The van der Waals surface area contributed by atoms with Crippen molar-refractivity contribution in [2.24, 2.45) is 11.8 Å². The number of anilines is 2. The number of allylic oxidation sites excluding steroid dienone is 1. The Morgan fingerprint density at radius 3 is 2.41 bits per heavy atom. The van der Waals surface area contributed by atoms with Gasteiger partial charge in [-0.05, 0) is 75.8 Å². The van der Waals surface area contributed by atoms with Crippen LogP contribution in [0.2, 0.25) is 0 Å². The van der Waals surface area contributed by atoms with Crippen molar-refractivity contribution in [3.8, 4) is 0 Å². The SMILES string of the molecule is C=CCCC(=O)OC[C@H](NC(=O)[C@@H]1[C@H]2C(=O)N(CCCCO)[C@H](C(=O)N(CC=C)c3ccc(N(CC)CC)cc3)[C@]23CC[C@H]1O3)c1ccccc1. The third-order valence-corrected chi connectivity index (χ3v) is 10.5. The molecule has 51 heavy (non-hydrogen) atoms. The van der Waals surface area contributed by atoms with Crippen molar-refractivity contribution in [3.63, 3.8) is 0 Å². The predicted octanol–water partition coefficient (Wildman–Crippen LogP) is 4.57. The van der Waals surface area contributed by atoms with Crippen molar-refractivity contribution in [3.05, 3.63) is 85.5 Å². The van der Waals surface area contributed by atoms with Gasteiger partial charge in [0.25, 0.3) is 5.91 Å². The third-order valence-electron chi connectivity index (χ3n) is 10.5. The average Bonchev–Trinajstić information content (AvgIpc) is 3.79. The summed E-state index contributed by atoms with van der Waals surface area (Å²) in [5.74, 6) is -3.08. The lowest BCUT2D eigenvalue weighted by molar-refractivity contribution is -0.146. The molecule has 3 saturated heterocycles. The molecule has 11 heteroatoms. The van der Waals surface area contributed by atoms with Gasteiger partial charge >= 0.3 is 5.97 Å².